The molecular weight excluding hydrogens is 338 g/mol. The van der Waals surface area contributed by atoms with E-state index in [4.69, 9.17) is 9.47 Å². The Morgan fingerprint density at radius 2 is 1.96 bits per heavy atom. The van der Waals surface area contributed by atoms with Crippen molar-refractivity contribution in [1.29, 1.82) is 0 Å². The Balaban J connectivity index is 2.25. The van der Waals surface area contributed by atoms with Crippen molar-refractivity contribution >= 4 is 6.09 Å². The van der Waals surface area contributed by atoms with Crippen molar-refractivity contribution in [1.82, 2.24) is 4.90 Å². The second-order valence-electron chi connectivity index (χ2n) is 7.70. The maximum absolute atomic E-state index is 12.8. The van der Waals surface area contributed by atoms with Gasteiger partial charge in [-0.15, -0.1) is 0 Å². The topological polar surface area (TPSA) is 38.8 Å². The van der Waals surface area contributed by atoms with Crippen molar-refractivity contribution in [3.8, 4) is 0 Å². The van der Waals surface area contributed by atoms with Gasteiger partial charge >= 0.3 is 6.09 Å². The fraction of sp³-hybridized carbons (Fsp3) is 0.435. The molecule has 0 saturated heterocycles. The molecule has 1 aliphatic heterocycles. The van der Waals surface area contributed by atoms with E-state index in [1.165, 1.54) is 0 Å². The number of benzene rings is 1. The number of carbonyl (C=O) groups excluding carboxylic acids is 1. The van der Waals surface area contributed by atoms with Crippen LogP contribution < -0.4 is 0 Å². The predicted octanol–water partition coefficient (Wildman–Crippen LogP) is 5.68. The molecule has 0 fully saturated rings. The second kappa shape index (κ2) is 9.45. The summed E-state index contributed by atoms with van der Waals surface area (Å²) in [6.45, 7) is 13.7. The van der Waals surface area contributed by atoms with E-state index in [0.717, 1.165) is 17.7 Å². The fourth-order valence-electron chi connectivity index (χ4n) is 3.11. The summed E-state index contributed by atoms with van der Waals surface area (Å²) in [6.07, 6.45) is 6.16. The first-order valence-corrected chi connectivity index (χ1v) is 9.52. The second-order valence-corrected chi connectivity index (χ2v) is 7.70. The van der Waals surface area contributed by atoms with Crippen LogP contribution in [0.5, 0.6) is 0 Å². The lowest BCUT2D eigenvalue weighted by molar-refractivity contribution is 0.0939. The highest BCUT2D eigenvalue weighted by Crippen LogP contribution is 2.37. The Hall–Kier alpha value is -2.49. The first-order chi connectivity index (χ1) is 12.9. The molecule has 0 bridgehead atoms. The standard InChI is InChI=1S/C23H31NO3/c1-6-11-21(26-7-2)20-16-19(23(3,4)5)14-15-24(20)22(25)27-17-18-12-9-8-10-13-18/h6,8-13,16,19H,1,7,14-15,17H2,2-5H3/b21-11+. The largest absolute Gasteiger partial charge is 0.492 e. The minimum Gasteiger partial charge on any atom is -0.492 e. The molecule has 0 radical (unpaired) electrons. The van der Waals surface area contributed by atoms with Gasteiger partial charge in [-0.1, -0.05) is 69.8 Å². The number of nitrogens with zero attached hydrogens (tertiary/aromatic N) is 1. The Kier molecular flexibility index (Phi) is 7.28. The number of carbonyl (C=O) groups is 1. The van der Waals surface area contributed by atoms with Gasteiger partial charge in [0.2, 0.25) is 0 Å². The van der Waals surface area contributed by atoms with Crippen molar-refractivity contribution < 1.29 is 14.3 Å². The Bertz CT molecular complexity index is 698. The van der Waals surface area contributed by atoms with Crippen LogP contribution in [0.1, 0.15) is 39.7 Å². The molecule has 0 aliphatic carbocycles. The van der Waals surface area contributed by atoms with Crippen molar-refractivity contribution in [3.63, 3.8) is 0 Å². The van der Waals surface area contributed by atoms with E-state index in [-0.39, 0.29) is 18.1 Å². The van der Waals surface area contributed by atoms with E-state index in [2.05, 4.69) is 33.4 Å². The number of amides is 1. The molecule has 0 aromatic heterocycles. The molecule has 146 valence electrons. The lowest BCUT2D eigenvalue weighted by Gasteiger charge is -2.37. The number of hydrogen-bond donors (Lipinski definition) is 0. The SMILES string of the molecule is C=C/C=C(/OCC)C1=CC(C(C)(C)C)CCN1C(=O)OCc1ccccc1. The molecule has 1 aromatic carbocycles. The molecule has 1 aliphatic rings. The average Bonchev–Trinajstić information content (AvgIpc) is 2.65. The van der Waals surface area contributed by atoms with Gasteiger partial charge in [0, 0.05) is 6.54 Å². The third-order valence-electron chi connectivity index (χ3n) is 4.67. The van der Waals surface area contributed by atoms with Gasteiger partial charge in [-0.2, -0.15) is 0 Å². The molecule has 4 heteroatoms. The van der Waals surface area contributed by atoms with Crippen LogP contribution in [0.25, 0.3) is 0 Å². The summed E-state index contributed by atoms with van der Waals surface area (Å²) in [5, 5.41) is 0. The monoisotopic (exact) mass is 369 g/mol. The maximum Gasteiger partial charge on any atom is 0.414 e. The third-order valence-corrected chi connectivity index (χ3v) is 4.67. The molecule has 1 amide bonds. The van der Waals surface area contributed by atoms with Gasteiger partial charge in [-0.3, -0.25) is 4.90 Å². The van der Waals surface area contributed by atoms with Gasteiger partial charge in [-0.25, -0.2) is 4.79 Å². The van der Waals surface area contributed by atoms with Crippen molar-refractivity contribution in [2.75, 3.05) is 13.2 Å². The summed E-state index contributed by atoms with van der Waals surface area (Å²) >= 11 is 0. The fourth-order valence-corrected chi connectivity index (χ4v) is 3.11. The first-order valence-electron chi connectivity index (χ1n) is 9.52. The van der Waals surface area contributed by atoms with Crippen LogP contribution in [0, 0.1) is 11.3 Å². The molecule has 1 atom stereocenters. The highest BCUT2D eigenvalue weighted by molar-refractivity contribution is 5.71. The predicted molar refractivity (Wildman–Crippen MR) is 109 cm³/mol. The van der Waals surface area contributed by atoms with Gasteiger partial charge in [0.1, 0.15) is 12.4 Å². The van der Waals surface area contributed by atoms with Gasteiger partial charge < -0.3 is 9.47 Å². The Morgan fingerprint density at radius 3 is 2.56 bits per heavy atom. The third kappa shape index (κ3) is 5.75. The molecule has 0 spiro atoms. The van der Waals surface area contributed by atoms with Gasteiger partial charge in [0.15, 0.2) is 0 Å². The summed E-state index contributed by atoms with van der Waals surface area (Å²) < 4.78 is 11.4. The summed E-state index contributed by atoms with van der Waals surface area (Å²) in [7, 11) is 0. The zero-order chi connectivity index (χ0) is 19.9. The zero-order valence-electron chi connectivity index (χ0n) is 16.9. The van der Waals surface area contributed by atoms with Crippen LogP contribution in [-0.2, 0) is 16.1 Å². The van der Waals surface area contributed by atoms with Gasteiger partial charge in [0.05, 0.1) is 12.3 Å². The first kappa shape index (κ1) is 20.8. The molecule has 1 unspecified atom stereocenters. The minimum atomic E-state index is -0.355. The van der Waals surface area contributed by atoms with Crippen LogP contribution in [0.3, 0.4) is 0 Å². The maximum atomic E-state index is 12.8. The number of rotatable bonds is 6. The highest BCUT2D eigenvalue weighted by atomic mass is 16.6. The van der Waals surface area contributed by atoms with E-state index < -0.39 is 0 Å². The molecule has 1 heterocycles. The van der Waals surface area contributed by atoms with E-state index in [1.807, 2.05) is 37.3 Å². The van der Waals surface area contributed by atoms with Gasteiger partial charge in [0.25, 0.3) is 0 Å². The molecule has 2 rings (SSSR count). The van der Waals surface area contributed by atoms with Crippen LogP contribution >= 0.6 is 0 Å². The van der Waals surface area contributed by atoms with Crippen molar-refractivity contribution in [2.24, 2.45) is 11.3 Å². The molecule has 27 heavy (non-hydrogen) atoms. The van der Waals surface area contributed by atoms with Crippen molar-refractivity contribution in [3.05, 3.63) is 72.2 Å². The quantitative estimate of drug-likeness (QED) is 0.478. The molecule has 4 nitrogen and oxygen atoms in total. The average molecular weight is 370 g/mol. The lowest BCUT2D eigenvalue weighted by Crippen LogP contribution is -2.39. The normalized spacial score (nSPS) is 17.9. The molecule has 1 aromatic rings. The van der Waals surface area contributed by atoms with Gasteiger partial charge in [-0.05, 0) is 36.3 Å². The minimum absolute atomic E-state index is 0.108. The number of hydrogen-bond acceptors (Lipinski definition) is 3. The lowest BCUT2D eigenvalue weighted by atomic mass is 9.76. The Labute approximate surface area is 163 Å². The van der Waals surface area contributed by atoms with E-state index in [1.54, 1.807) is 17.1 Å². The number of ether oxygens (including phenoxy) is 2. The molecular formula is C23H31NO3. The number of allylic oxidation sites excluding steroid dienone is 3. The van der Waals surface area contributed by atoms with Crippen LogP contribution in [0.15, 0.2) is 66.6 Å². The van der Waals surface area contributed by atoms with E-state index >= 15 is 0 Å². The molecule has 0 N–H and O–H groups in total. The van der Waals surface area contributed by atoms with Crippen LogP contribution in [0.2, 0.25) is 0 Å². The van der Waals surface area contributed by atoms with Crippen LogP contribution in [0.4, 0.5) is 4.79 Å². The highest BCUT2D eigenvalue weighted by Gasteiger charge is 2.33. The van der Waals surface area contributed by atoms with E-state index in [9.17, 15) is 4.79 Å². The van der Waals surface area contributed by atoms with E-state index in [0.29, 0.717) is 24.8 Å². The molecule has 0 saturated carbocycles. The Morgan fingerprint density at radius 1 is 1.26 bits per heavy atom. The summed E-state index contributed by atoms with van der Waals surface area (Å²) in [4.78, 5) is 14.5. The van der Waals surface area contributed by atoms with Crippen molar-refractivity contribution in [2.45, 2.75) is 40.7 Å². The summed E-state index contributed by atoms with van der Waals surface area (Å²) in [5.74, 6) is 0.998. The summed E-state index contributed by atoms with van der Waals surface area (Å²) in [6, 6.07) is 9.70. The van der Waals surface area contributed by atoms with Crippen LogP contribution in [-0.4, -0.2) is 24.1 Å². The zero-order valence-corrected chi connectivity index (χ0v) is 16.9. The summed E-state index contributed by atoms with van der Waals surface area (Å²) in [5.41, 5.74) is 1.84. The smallest absolute Gasteiger partial charge is 0.414 e.